The number of benzene rings is 2. The van der Waals surface area contributed by atoms with Crippen molar-refractivity contribution in [3.8, 4) is 0 Å². The largest absolute Gasteiger partial charge is 0.478 e. The summed E-state index contributed by atoms with van der Waals surface area (Å²) in [5.74, 6) is -0.924. The molecule has 5 heteroatoms. The molecule has 0 bridgehead atoms. The molecule has 0 radical (unpaired) electrons. The van der Waals surface area contributed by atoms with Gasteiger partial charge in [0.25, 0.3) is 0 Å². The number of ketones is 1. The van der Waals surface area contributed by atoms with Crippen LogP contribution < -0.4 is 0 Å². The van der Waals surface area contributed by atoms with E-state index in [0.29, 0.717) is 30.0 Å². The maximum Gasteiger partial charge on any atom is 0.335 e. The van der Waals surface area contributed by atoms with E-state index < -0.39 is 5.97 Å². The molecule has 1 aromatic heterocycles. The minimum atomic E-state index is -0.987. The summed E-state index contributed by atoms with van der Waals surface area (Å²) in [5.41, 5.74) is 3.48. The average Bonchev–Trinajstić information content (AvgIpc) is 2.95. The van der Waals surface area contributed by atoms with Crippen molar-refractivity contribution < 1.29 is 14.7 Å². The topological polar surface area (TPSA) is 59.3 Å². The molecule has 2 aromatic carbocycles. The number of carboxylic acid groups (broad SMARTS) is 1. The SMILES string of the molecule is CCC(=O)c1c(CC)n(Cc2ccccc2Cl)c2cc(C(=O)O)ccc12. The second-order valence-electron chi connectivity index (χ2n) is 6.17. The number of carboxylic acids is 1. The molecule has 0 saturated heterocycles. The molecule has 4 nitrogen and oxygen atoms in total. The molecular formula is C21H20ClNO3. The van der Waals surface area contributed by atoms with E-state index in [-0.39, 0.29) is 11.3 Å². The number of fused-ring (bicyclic) bond motifs is 1. The van der Waals surface area contributed by atoms with Gasteiger partial charge in [0, 0.05) is 34.6 Å². The Morgan fingerprint density at radius 2 is 1.85 bits per heavy atom. The molecule has 1 N–H and O–H groups in total. The lowest BCUT2D eigenvalue weighted by atomic mass is 10.0. The van der Waals surface area contributed by atoms with E-state index in [0.717, 1.165) is 22.2 Å². The zero-order valence-electron chi connectivity index (χ0n) is 14.8. The van der Waals surface area contributed by atoms with Gasteiger partial charge in [0.15, 0.2) is 5.78 Å². The summed E-state index contributed by atoms with van der Waals surface area (Å²) in [7, 11) is 0. The highest BCUT2D eigenvalue weighted by Crippen LogP contribution is 2.31. The Balaban J connectivity index is 2.30. The van der Waals surface area contributed by atoms with Crippen LogP contribution in [0.1, 0.15) is 52.2 Å². The lowest BCUT2D eigenvalue weighted by Gasteiger charge is -2.12. The summed E-state index contributed by atoms with van der Waals surface area (Å²) >= 11 is 6.32. The number of aromatic carboxylic acids is 1. The first-order valence-electron chi connectivity index (χ1n) is 8.62. The van der Waals surface area contributed by atoms with Gasteiger partial charge < -0.3 is 9.67 Å². The van der Waals surface area contributed by atoms with Gasteiger partial charge in [-0.2, -0.15) is 0 Å². The molecule has 134 valence electrons. The van der Waals surface area contributed by atoms with Crippen molar-refractivity contribution in [2.45, 2.75) is 33.2 Å². The van der Waals surface area contributed by atoms with E-state index in [9.17, 15) is 14.7 Å². The Hall–Kier alpha value is -2.59. The maximum absolute atomic E-state index is 12.6. The second-order valence-corrected chi connectivity index (χ2v) is 6.57. The molecule has 3 rings (SSSR count). The highest BCUT2D eigenvalue weighted by molar-refractivity contribution is 6.31. The Morgan fingerprint density at radius 3 is 2.46 bits per heavy atom. The van der Waals surface area contributed by atoms with Crippen molar-refractivity contribution in [2.24, 2.45) is 0 Å². The zero-order valence-corrected chi connectivity index (χ0v) is 15.5. The number of nitrogens with zero attached hydrogens (tertiary/aromatic N) is 1. The Kier molecular flexibility index (Phi) is 5.14. The van der Waals surface area contributed by atoms with Crippen molar-refractivity contribution in [1.82, 2.24) is 4.57 Å². The molecule has 1 heterocycles. The number of Topliss-reactive ketones (excluding diaryl/α,β-unsaturated/α-hetero) is 1. The third kappa shape index (κ3) is 3.13. The van der Waals surface area contributed by atoms with Gasteiger partial charge >= 0.3 is 5.97 Å². The van der Waals surface area contributed by atoms with E-state index in [1.165, 1.54) is 0 Å². The summed E-state index contributed by atoms with van der Waals surface area (Å²) < 4.78 is 2.02. The van der Waals surface area contributed by atoms with E-state index in [4.69, 9.17) is 11.6 Å². The Labute approximate surface area is 157 Å². The molecule has 0 aliphatic heterocycles. The number of hydrogen-bond donors (Lipinski definition) is 1. The van der Waals surface area contributed by atoms with Crippen LogP contribution in [-0.4, -0.2) is 21.4 Å². The predicted molar refractivity (Wildman–Crippen MR) is 103 cm³/mol. The van der Waals surface area contributed by atoms with Gasteiger partial charge in [0.1, 0.15) is 0 Å². The molecule has 0 amide bonds. The van der Waals surface area contributed by atoms with E-state index in [2.05, 4.69) is 0 Å². The van der Waals surface area contributed by atoms with Gasteiger partial charge in [-0.1, -0.05) is 49.7 Å². The van der Waals surface area contributed by atoms with Crippen LogP contribution in [0.2, 0.25) is 5.02 Å². The van der Waals surface area contributed by atoms with Crippen LogP contribution in [-0.2, 0) is 13.0 Å². The van der Waals surface area contributed by atoms with Gasteiger partial charge in [-0.05, 0) is 30.2 Å². The van der Waals surface area contributed by atoms with Crippen molar-refractivity contribution in [3.63, 3.8) is 0 Å². The van der Waals surface area contributed by atoms with Crippen molar-refractivity contribution in [3.05, 3.63) is 69.9 Å². The van der Waals surface area contributed by atoms with Gasteiger partial charge in [-0.15, -0.1) is 0 Å². The van der Waals surface area contributed by atoms with E-state index in [1.807, 2.05) is 42.7 Å². The first-order valence-corrected chi connectivity index (χ1v) is 9.00. The van der Waals surface area contributed by atoms with Crippen LogP contribution in [0.5, 0.6) is 0 Å². The van der Waals surface area contributed by atoms with Crippen molar-refractivity contribution >= 4 is 34.3 Å². The van der Waals surface area contributed by atoms with Gasteiger partial charge in [-0.25, -0.2) is 4.79 Å². The fourth-order valence-corrected chi connectivity index (χ4v) is 3.56. The lowest BCUT2D eigenvalue weighted by molar-refractivity contribution is 0.0696. The van der Waals surface area contributed by atoms with E-state index in [1.54, 1.807) is 18.2 Å². The van der Waals surface area contributed by atoms with Crippen molar-refractivity contribution in [2.75, 3.05) is 0 Å². The fourth-order valence-electron chi connectivity index (χ4n) is 3.37. The summed E-state index contributed by atoms with van der Waals surface area (Å²) in [4.78, 5) is 24.0. The van der Waals surface area contributed by atoms with Gasteiger partial charge in [0.05, 0.1) is 11.1 Å². The Morgan fingerprint density at radius 1 is 1.12 bits per heavy atom. The minimum absolute atomic E-state index is 0.0628. The highest BCUT2D eigenvalue weighted by atomic mass is 35.5. The number of rotatable bonds is 6. The molecule has 3 aromatic rings. The fraction of sp³-hybridized carbons (Fsp3) is 0.238. The summed E-state index contributed by atoms with van der Waals surface area (Å²) in [5, 5.41) is 10.8. The molecule has 0 spiro atoms. The average molecular weight is 370 g/mol. The number of hydrogen-bond acceptors (Lipinski definition) is 2. The molecule has 0 saturated carbocycles. The number of aromatic nitrogens is 1. The first kappa shape index (κ1) is 18.2. The first-order chi connectivity index (χ1) is 12.5. The van der Waals surface area contributed by atoms with Crippen LogP contribution in [0.3, 0.4) is 0 Å². The Bertz CT molecular complexity index is 1000. The third-order valence-electron chi connectivity index (χ3n) is 4.64. The third-order valence-corrected chi connectivity index (χ3v) is 5.01. The molecule has 0 aliphatic carbocycles. The van der Waals surface area contributed by atoms with Crippen LogP contribution in [0.25, 0.3) is 10.9 Å². The number of carbonyl (C=O) groups is 2. The smallest absolute Gasteiger partial charge is 0.335 e. The highest BCUT2D eigenvalue weighted by Gasteiger charge is 2.22. The minimum Gasteiger partial charge on any atom is -0.478 e. The molecule has 0 unspecified atom stereocenters. The molecule has 0 fully saturated rings. The van der Waals surface area contributed by atoms with Crippen molar-refractivity contribution in [1.29, 1.82) is 0 Å². The van der Waals surface area contributed by atoms with Crippen LogP contribution >= 0.6 is 11.6 Å². The molecule has 0 atom stereocenters. The van der Waals surface area contributed by atoms with Crippen LogP contribution in [0.15, 0.2) is 42.5 Å². The summed E-state index contributed by atoms with van der Waals surface area (Å²) in [6, 6.07) is 12.5. The maximum atomic E-state index is 12.6. The lowest BCUT2D eigenvalue weighted by Crippen LogP contribution is -2.08. The zero-order chi connectivity index (χ0) is 18.8. The second kappa shape index (κ2) is 7.34. The van der Waals surface area contributed by atoms with E-state index >= 15 is 0 Å². The molecule has 0 aliphatic rings. The van der Waals surface area contributed by atoms with Gasteiger partial charge in [-0.3, -0.25) is 4.79 Å². The van der Waals surface area contributed by atoms with Gasteiger partial charge in [0.2, 0.25) is 0 Å². The molecule has 26 heavy (non-hydrogen) atoms. The summed E-state index contributed by atoms with van der Waals surface area (Å²) in [6.45, 7) is 4.33. The molecular weight excluding hydrogens is 350 g/mol. The monoisotopic (exact) mass is 369 g/mol. The number of halogens is 1. The number of carbonyl (C=O) groups excluding carboxylic acids is 1. The summed E-state index contributed by atoms with van der Waals surface area (Å²) in [6.07, 6.45) is 1.07. The van der Waals surface area contributed by atoms with Crippen LogP contribution in [0.4, 0.5) is 0 Å². The quantitative estimate of drug-likeness (QED) is 0.608. The van der Waals surface area contributed by atoms with Crippen LogP contribution in [0, 0.1) is 0 Å². The standard InChI is InChI=1S/C21H20ClNO3/c1-3-17-20(19(24)4-2)15-10-9-13(21(25)26)11-18(15)23(17)12-14-7-5-6-8-16(14)22/h5-11H,3-4,12H2,1-2H3,(H,25,26). The predicted octanol–water partition coefficient (Wildman–Crippen LogP) is 5.20. The normalized spacial score (nSPS) is 11.0.